The summed E-state index contributed by atoms with van der Waals surface area (Å²) in [6.07, 6.45) is 5.03. The fourth-order valence-corrected chi connectivity index (χ4v) is 5.50. The molecule has 0 aliphatic carbocycles. The number of carbonyl (C=O) groups is 3. The van der Waals surface area contributed by atoms with Gasteiger partial charge >= 0.3 is 5.97 Å². The van der Waals surface area contributed by atoms with Crippen molar-refractivity contribution in [3.63, 3.8) is 0 Å². The van der Waals surface area contributed by atoms with Crippen LogP contribution in [0.25, 0.3) is 0 Å². The first-order chi connectivity index (χ1) is 22.3. The quantitative estimate of drug-likeness (QED) is 0.130. The highest BCUT2D eigenvalue weighted by Crippen LogP contribution is 2.20. The van der Waals surface area contributed by atoms with Crippen molar-refractivity contribution in [2.75, 3.05) is 6.54 Å². The van der Waals surface area contributed by atoms with Gasteiger partial charge < -0.3 is 25.3 Å². The van der Waals surface area contributed by atoms with Gasteiger partial charge in [-0.2, -0.15) is 0 Å². The van der Waals surface area contributed by atoms with Crippen molar-refractivity contribution in [1.82, 2.24) is 19.8 Å². The van der Waals surface area contributed by atoms with Crippen LogP contribution in [0.3, 0.4) is 0 Å². The van der Waals surface area contributed by atoms with Gasteiger partial charge in [-0.15, -0.1) is 0 Å². The SMILES string of the molecule is N[C@@H](Cc1cn(Cc2ccccc2)cn1)C(=O)N1CCC[C@H]1C(=O)N[C@@H](Cc1ccccc1)C(=O)OCc1ccc([N+](=O)[O-])cc1. The molecule has 3 atom stereocenters. The monoisotopic (exact) mass is 624 g/mol. The predicted octanol–water partition coefficient (Wildman–Crippen LogP) is 3.17. The van der Waals surface area contributed by atoms with Gasteiger partial charge in [-0.05, 0) is 41.7 Å². The van der Waals surface area contributed by atoms with Crippen molar-refractivity contribution in [3.05, 3.63) is 130 Å². The molecule has 1 saturated heterocycles. The number of nitrogens with one attached hydrogen (secondary N) is 1. The number of nitrogens with two attached hydrogens (primary N) is 1. The van der Waals surface area contributed by atoms with E-state index < -0.39 is 34.9 Å². The molecular formula is C34H36N6O6. The molecule has 12 heteroatoms. The Morgan fingerprint density at radius 3 is 2.30 bits per heavy atom. The fourth-order valence-electron chi connectivity index (χ4n) is 5.50. The summed E-state index contributed by atoms with van der Waals surface area (Å²) in [5.41, 5.74) is 9.45. The van der Waals surface area contributed by atoms with Gasteiger partial charge in [0.05, 0.1) is 23.0 Å². The van der Waals surface area contributed by atoms with Gasteiger partial charge in [0.25, 0.3) is 5.69 Å². The summed E-state index contributed by atoms with van der Waals surface area (Å²) in [6.45, 7) is 0.898. The highest BCUT2D eigenvalue weighted by molar-refractivity contribution is 5.92. The predicted molar refractivity (Wildman–Crippen MR) is 169 cm³/mol. The Kier molecular flexibility index (Phi) is 10.5. The van der Waals surface area contributed by atoms with E-state index in [2.05, 4.69) is 10.3 Å². The van der Waals surface area contributed by atoms with E-state index in [1.54, 1.807) is 6.33 Å². The number of imidazole rings is 1. The summed E-state index contributed by atoms with van der Waals surface area (Å²) in [5, 5.41) is 13.8. The van der Waals surface area contributed by atoms with Crippen molar-refractivity contribution < 1.29 is 24.0 Å². The van der Waals surface area contributed by atoms with Crippen molar-refractivity contribution in [3.8, 4) is 0 Å². The Morgan fingerprint density at radius 1 is 0.957 bits per heavy atom. The normalized spacial score (nSPS) is 15.6. The third-order valence-electron chi connectivity index (χ3n) is 7.89. The topological polar surface area (TPSA) is 163 Å². The van der Waals surface area contributed by atoms with E-state index in [9.17, 15) is 24.5 Å². The molecule has 46 heavy (non-hydrogen) atoms. The van der Waals surface area contributed by atoms with Crippen LogP contribution in [-0.4, -0.2) is 61.8 Å². The fraction of sp³-hybridized carbons (Fsp3) is 0.294. The van der Waals surface area contributed by atoms with E-state index in [4.69, 9.17) is 10.5 Å². The molecule has 0 spiro atoms. The molecule has 1 aromatic heterocycles. The minimum atomic E-state index is -1.02. The lowest BCUT2D eigenvalue weighted by Crippen LogP contribution is -2.54. The van der Waals surface area contributed by atoms with Crippen molar-refractivity contribution in [1.29, 1.82) is 0 Å². The molecule has 0 saturated carbocycles. The smallest absolute Gasteiger partial charge is 0.329 e. The Morgan fingerprint density at radius 2 is 1.63 bits per heavy atom. The second kappa shape index (κ2) is 15.1. The number of hydrogen-bond acceptors (Lipinski definition) is 8. The number of likely N-dealkylation sites (tertiary alicyclic amines) is 1. The summed E-state index contributed by atoms with van der Waals surface area (Å²) in [5.74, 6) is -1.47. The molecular weight excluding hydrogens is 588 g/mol. The molecule has 0 radical (unpaired) electrons. The average Bonchev–Trinajstić information content (AvgIpc) is 3.74. The molecule has 1 aliphatic heterocycles. The van der Waals surface area contributed by atoms with E-state index in [-0.39, 0.29) is 31.0 Å². The van der Waals surface area contributed by atoms with Crippen LogP contribution in [0.5, 0.6) is 0 Å². The number of nitro benzene ring substituents is 1. The molecule has 4 aromatic rings. The molecule has 3 N–H and O–H groups in total. The van der Waals surface area contributed by atoms with Crippen molar-refractivity contribution >= 4 is 23.5 Å². The third kappa shape index (κ3) is 8.42. The number of carbonyl (C=O) groups excluding carboxylic acids is 3. The summed E-state index contributed by atoms with van der Waals surface area (Å²) in [7, 11) is 0. The van der Waals surface area contributed by atoms with Crippen LogP contribution >= 0.6 is 0 Å². The second-order valence-corrected chi connectivity index (χ2v) is 11.3. The average molecular weight is 625 g/mol. The van der Waals surface area contributed by atoms with Gasteiger partial charge in [0.1, 0.15) is 18.7 Å². The van der Waals surface area contributed by atoms with Gasteiger partial charge in [-0.3, -0.25) is 19.7 Å². The maximum Gasteiger partial charge on any atom is 0.329 e. The number of hydrogen-bond donors (Lipinski definition) is 2. The number of nitrogens with zero attached hydrogens (tertiary/aromatic N) is 4. The van der Waals surface area contributed by atoms with E-state index >= 15 is 0 Å². The Labute approximate surface area is 266 Å². The molecule has 5 rings (SSSR count). The number of benzene rings is 3. The van der Waals surface area contributed by atoms with Crippen LogP contribution in [0.4, 0.5) is 5.69 Å². The summed E-state index contributed by atoms with van der Waals surface area (Å²) in [4.78, 5) is 56.6. The summed E-state index contributed by atoms with van der Waals surface area (Å²) < 4.78 is 7.44. The van der Waals surface area contributed by atoms with Crippen LogP contribution in [0.15, 0.2) is 97.5 Å². The molecule has 2 heterocycles. The first-order valence-corrected chi connectivity index (χ1v) is 15.1. The first-order valence-electron chi connectivity index (χ1n) is 15.1. The van der Waals surface area contributed by atoms with E-state index in [1.807, 2.05) is 71.4 Å². The van der Waals surface area contributed by atoms with E-state index in [0.717, 1.165) is 11.1 Å². The minimum Gasteiger partial charge on any atom is -0.459 e. The summed E-state index contributed by atoms with van der Waals surface area (Å²) >= 11 is 0. The largest absolute Gasteiger partial charge is 0.459 e. The second-order valence-electron chi connectivity index (χ2n) is 11.3. The number of ether oxygens (including phenoxy) is 1. The highest BCUT2D eigenvalue weighted by atomic mass is 16.6. The van der Waals surface area contributed by atoms with E-state index in [1.165, 1.54) is 29.2 Å². The Hall–Kier alpha value is -5.36. The molecule has 0 bridgehead atoms. The van der Waals surface area contributed by atoms with Gasteiger partial charge in [-0.25, -0.2) is 9.78 Å². The Balaban J connectivity index is 1.21. The number of esters is 1. The zero-order valence-corrected chi connectivity index (χ0v) is 25.2. The maximum absolute atomic E-state index is 13.6. The van der Waals surface area contributed by atoms with Crippen molar-refractivity contribution in [2.24, 2.45) is 5.73 Å². The maximum atomic E-state index is 13.6. The lowest BCUT2D eigenvalue weighted by atomic mass is 10.0. The lowest BCUT2D eigenvalue weighted by Gasteiger charge is -2.28. The highest BCUT2D eigenvalue weighted by Gasteiger charge is 2.38. The van der Waals surface area contributed by atoms with Gasteiger partial charge in [0, 0.05) is 44.3 Å². The van der Waals surface area contributed by atoms with Crippen LogP contribution < -0.4 is 11.1 Å². The van der Waals surface area contributed by atoms with Gasteiger partial charge in [-0.1, -0.05) is 60.7 Å². The Bertz CT molecular complexity index is 1640. The third-order valence-corrected chi connectivity index (χ3v) is 7.89. The number of non-ortho nitro benzene ring substituents is 1. The molecule has 1 aliphatic rings. The first kappa shape index (κ1) is 32.0. The van der Waals surface area contributed by atoms with Crippen LogP contribution in [0.1, 0.15) is 35.2 Å². The number of aromatic nitrogens is 2. The molecule has 238 valence electrons. The minimum absolute atomic E-state index is 0.0718. The standard InChI is InChI=1S/C34H36N6O6/c35-29(19-27-21-38(23-36-27)20-25-10-5-2-6-11-25)33(42)39-17-7-12-31(39)32(41)37-30(18-24-8-3-1-4-9-24)34(43)46-22-26-13-15-28(16-14-26)40(44)45/h1-6,8-11,13-16,21,23,29-31H,7,12,17-20,22,35H2,(H,37,41)/t29-,30-,31-/m0/s1. The lowest BCUT2D eigenvalue weighted by molar-refractivity contribution is -0.384. The number of rotatable bonds is 13. The number of amides is 2. The molecule has 3 aromatic carbocycles. The number of nitro groups is 1. The van der Waals surface area contributed by atoms with Crippen LogP contribution in [0.2, 0.25) is 0 Å². The van der Waals surface area contributed by atoms with Crippen molar-refractivity contribution in [2.45, 2.75) is 57.0 Å². The molecule has 0 unspecified atom stereocenters. The molecule has 1 fully saturated rings. The zero-order chi connectivity index (χ0) is 32.5. The molecule has 2 amide bonds. The van der Waals surface area contributed by atoms with Gasteiger partial charge in [0.15, 0.2) is 0 Å². The zero-order valence-electron chi connectivity index (χ0n) is 25.2. The molecule has 12 nitrogen and oxygen atoms in total. The van der Waals surface area contributed by atoms with E-state index in [0.29, 0.717) is 37.2 Å². The summed E-state index contributed by atoms with van der Waals surface area (Å²) in [6, 6.07) is 22.1. The van der Waals surface area contributed by atoms with Crippen LogP contribution in [0, 0.1) is 10.1 Å². The van der Waals surface area contributed by atoms with Crippen LogP contribution in [-0.2, 0) is 45.1 Å². The van der Waals surface area contributed by atoms with Gasteiger partial charge in [0.2, 0.25) is 11.8 Å².